The smallest absolute Gasteiger partial charge is 0.0839 e. The van der Waals surface area contributed by atoms with Gasteiger partial charge in [-0.1, -0.05) is 66.0 Å². The van der Waals surface area contributed by atoms with Gasteiger partial charge in [-0.05, 0) is 12.0 Å². The highest BCUT2D eigenvalue weighted by Crippen LogP contribution is 2.27. The molecule has 13 heavy (non-hydrogen) atoms. The largest absolute Gasteiger partial charge is 0.316 e. The fourth-order valence-electron chi connectivity index (χ4n) is 1.21. The van der Waals surface area contributed by atoms with Crippen molar-refractivity contribution in [2.75, 3.05) is 0 Å². The van der Waals surface area contributed by atoms with E-state index < -0.39 is 0 Å². The Morgan fingerprint density at radius 3 is 2.38 bits per heavy atom. The van der Waals surface area contributed by atoms with Gasteiger partial charge in [0.25, 0.3) is 0 Å². The summed E-state index contributed by atoms with van der Waals surface area (Å²) in [4.78, 5) is 0.540. The van der Waals surface area contributed by atoms with E-state index in [0.29, 0.717) is 4.83 Å². The molecule has 1 atom stereocenters. The summed E-state index contributed by atoms with van der Waals surface area (Å²) in [6, 6.07) is 10.6. The third-order valence-electron chi connectivity index (χ3n) is 1.97. The van der Waals surface area contributed by atoms with Gasteiger partial charge >= 0.3 is 23.1 Å². The van der Waals surface area contributed by atoms with E-state index in [1.807, 2.05) is 0 Å². The summed E-state index contributed by atoms with van der Waals surface area (Å²) in [5.41, 5.74) is 1.39. The molecule has 1 aromatic rings. The molecule has 70 valence electrons. The van der Waals surface area contributed by atoms with Crippen molar-refractivity contribution in [1.29, 1.82) is 0 Å². The van der Waals surface area contributed by atoms with Gasteiger partial charge in [-0.3, -0.25) is 0 Å². The molecule has 0 saturated carbocycles. The Hall–Kier alpha value is 0.466. The van der Waals surface area contributed by atoms with Crippen LogP contribution in [-0.2, 0) is 0 Å². The first-order chi connectivity index (χ1) is 5.84. The zero-order valence-electron chi connectivity index (χ0n) is 7.46. The fraction of sp³-hybridized carbons (Fsp3) is 0.455. The van der Waals surface area contributed by atoms with Crippen molar-refractivity contribution >= 4 is 39.0 Å². The summed E-state index contributed by atoms with van der Waals surface area (Å²) >= 11 is 3.69. The molecular formula is C11H17BrMg. The van der Waals surface area contributed by atoms with Crippen LogP contribution in [-0.4, -0.2) is 23.1 Å². The molecule has 1 aromatic carbocycles. The van der Waals surface area contributed by atoms with Crippen molar-refractivity contribution in [3.05, 3.63) is 35.9 Å². The van der Waals surface area contributed by atoms with Crippen molar-refractivity contribution in [3.8, 4) is 0 Å². The Balaban J connectivity index is 0.00000144. The van der Waals surface area contributed by atoms with E-state index >= 15 is 0 Å². The summed E-state index contributed by atoms with van der Waals surface area (Å²) in [6.07, 6.45) is 3.81. The zero-order valence-corrected chi connectivity index (χ0v) is 9.05. The molecule has 0 spiro atoms. The second kappa shape index (κ2) is 7.83. The van der Waals surface area contributed by atoms with Crippen molar-refractivity contribution in [2.45, 2.75) is 31.0 Å². The number of hydrogen-bond acceptors (Lipinski definition) is 0. The maximum absolute atomic E-state index is 3.69. The molecule has 0 aliphatic carbocycles. The van der Waals surface area contributed by atoms with Gasteiger partial charge < -0.3 is 0 Å². The minimum Gasteiger partial charge on any atom is -0.0839 e. The molecule has 0 heterocycles. The Morgan fingerprint density at radius 1 is 1.23 bits per heavy atom. The Morgan fingerprint density at radius 2 is 1.85 bits per heavy atom. The van der Waals surface area contributed by atoms with Crippen molar-refractivity contribution in [3.63, 3.8) is 0 Å². The highest BCUT2D eigenvalue weighted by Gasteiger charge is 2.04. The molecule has 0 aliphatic rings. The number of unbranched alkanes of at least 4 members (excludes halogenated alkanes) is 1. The first-order valence-electron chi connectivity index (χ1n) is 4.53. The first kappa shape index (κ1) is 13.5. The van der Waals surface area contributed by atoms with Crippen LogP contribution in [0.2, 0.25) is 0 Å². The van der Waals surface area contributed by atoms with Gasteiger partial charge in [0.1, 0.15) is 0 Å². The van der Waals surface area contributed by atoms with Crippen LogP contribution in [0.1, 0.15) is 36.6 Å². The molecule has 2 heteroatoms. The maximum atomic E-state index is 3.69. The van der Waals surface area contributed by atoms with Gasteiger partial charge in [-0.2, -0.15) is 0 Å². The summed E-state index contributed by atoms with van der Waals surface area (Å²) in [5, 5.41) is 0. The second-order valence-electron chi connectivity index (χ2n) is 3.02. The third-order valence-corrected chi connectivity index (χ3v) is 2.96. The molecule has 0 nitrogen and oxygen atoms in total. The van der Waals surface area contributed by atoms with E-state index in [9.17, 15) is 0 Å². The predicted molar refractivity (Wildman–Crippen MR) is 66.2 cm³/mol. The molecule has 1 rings (SSSR count). The monoisotopic (exact) mass is 252 g/mol. The molecule has 0 fully saturated rings. The van der Waals surface area contributed by atoms with Crippen LogP contribution in [0.15, 0.2) is 30.3 Å². The lowest BCUT2D eigenvalue weighted by molar-refractivity contribution is 0.713. The van der Waals surface area contributed by atoms with Crippen LogP contribution >= 0.6 is 15.9 Å². The average molecular weight is 253 g/mol. The standard InChI is InChI=1S/C11H15Br.Mg.2H/c1-2-3-9-11(12)10-7-5-4-6-8-10;;;/h4-8,11H,2-3,9H2,1H3;;;. The topological polar surface area (TPSA) is 0 Å². The first-order valence-corrected chi connectivity index (χ1v) is 5.45. The highest BCUT2D eigenvalue weighted by molar-refractivity contribution is 9.09. The van der Waals surface area contributed by atoms with Gasteiger partial charge in [-0.15, -0.1) is 0 Å². The van der Waals surface area contributed by atoms with Crippen molar-refractivity contribution in [1.82, 2.24) is 0 Å². The predicted octanol–water partition coefficient (Wildman–Crippen LogP) is 3.40. The summed E-state index contributed by atoms with van der Waals surface area (Å²) in [5.74, 6) is 0. The van der Waals surface area contributed by atoms with Crippen LogP contribution in [0.5, 0.6) is 0 Å². The van der Waals surface area contributed by atoms with E-state index in [2.05, 4.69) is 53.2 Å². The Bertz CT molecular complexity index is 211. The Labute approximate surface area is 105 Å². The lowest BCUT2D eigenvalue weighted by atomic mass is 10.1. The number of benzene rings is 1. The molecule has 0 N–H and O–H groups in total. The summed E-state index contributed by atoms with van der Waals surface area (Å²) in [6.45, 7) is 2.23. The van der Waals surface area contributed by atoms with E-state index in [1.165, 1.54) is 24.8 Å². The van der Waals surface area contributed by atoms with Gasteiger partial charge in [0.05, 0.1) is 0 Å². The highest BCUT2D eigenvalue weighted by atomic mass is 79.9. The summed E-state index contributed by atoms with van der Waals surface area (Å²) in [7, 11) is 0. The van der Waals surface area contributed by atoms with Gasteiger partial charge in [0.15, 0.2) is 0 Å². The van der Waals surface area contributed by atoms with Gasteiger partial charge in [0, 0.05) is 4.83 Å². The molecule has 0 saturated heterocycles. The fourth-order valence-corrected chi connectivity index (χ4v) is 1.84. The number of hydrogen-bond donors (Lipinski definition) is 0. The SMILES string of the molecule is CCCCC(Br)c1ccccc1.[MgH2]. The van der Waals surface area contributed by atoms with Crippen molar-refractivity contribution in [2.24, 2.45) is 0 Å². The quantitative estimate of drug-likeness (QED) is 0.570. The molecule has 0 bridgehead atoms. The molecule has 0 amide bonds. The van der Waals surface area contributed by atoms with E-state index in [0.717, 1.165) is 0 Å². The maximum Gasteiger partial charge on any atom is 0.316 e. The van der Waals surface area contributed by atoms with Crippen LogP contribution < -0.4 is 0 Å². The molecule has 0 aliphatic heterocycles. The number of rotatable bonds is 4. The van der Waals surface area contributed by atoms with Crippen LogP contribution in [0.3, 0.4) is 0 Å². The normalized spacial score (nSPS) is 11.8. The van der Waals surface area contributed by atoms with Gasteiger partial charge in [-0.25, -0.2) is 0 Å². The Kier molecular flexibility index (Phi) is 8.11. The number of alkyl halides is 1. The minimum absolute atomic E-state index is 0. The molecule has 0 aromatic heterocycles. The average Bonchev–Trinajstić information content (AvgIpc) is 2.15. The zero-order chi connectivity index (χ0) is 8.81. The lowest BCUT2D eigenvalue weighted by Crippen LogP contribution is -1.88. The van der Waals surface area contributed by atoms with E-state index in [-0.39, 0.29) is 23.1 Å². The van der Waals surface area contributed by atoms with Crippen LogP contribution in [0, 0.1) is 0 Å². The van der Waals surface area contributed by atoms with Gasteiger partial charge in [0.2, 0.25) is 0 Å². The van der Waals surface area contributed by atoms with E-state index in [1.54, 1.807) is 0 Å². The van der Waals surface area contributed by atoms with Crippen LogP contribution in [0.25, 0.3) is 0 Å². The minimum atomic E-state index is 0. The van der Waals surface area contributed by atoms with Crippen molar-refractivity contribution < 1.29 is 0 Å². The lowest BCUT2D eigenvalue weighted by Gasteiger charge is -2.08. The second-order valence-corrected chi connectivity index (χ2v) is 4.13. The summed E-state index contributed by atoms with van der Waals surface area (Å²) < 4.78 is 0. The molecule has 1 unspecified atom stereocenters. The molecule has 0 radical (unpaired) electrons. The third kappa shape index (κ3) is 5.04. The number of halogens is 1. The van der Waals surface area contributed by atoms with E-state index in [4.69, 9.17) is 0 Å². The molecular weight excluding hydrogens is 236 g/mol. The van der Waals surface area contributed by atoms with Crippen LogP contribution in [0.4, 0.5) is 0 Å².